The maximum Gasteiger partial charge on any atom is 0.331 e. The molecule has 0 bridgehead atoms. The summed E-state index contributed by atoms with van der Waals surface area (Å²) in [4.78, 5) is 24.2. The second-order valence-electron chi connectivity index (χ2n) is 5.50. The number of carboxylic acids is 1. The molecule has 0 aromatic heterocycles. The molecule has 0 unspecified atom stereocenters. The minimum Gasteiger partial charge on any atom is -0.478 e. The van der Waals surface area contributed by atoms with Crippen LogP contribution >= 0.6 is 0 Å². The van der Waals surface area contributed by atoms with Crippen molar-refractivity contribution in [2.24, 2.45) is 11.3 Å². The Morgan fingerprint density at radius 2 is 1.82 bits per heavy atom. The highest BCUT2D eigenvalue weighted by Crippen LogP contribution is 2.26. The van der Waals surface area contributed by atoms with Crippen LogP contribution in [0.4, 0.5) is 0 Å². The van der Waals surface area contributed by atoms with E-state index in [0.717, 1.165) is 0 Å². The van der Waals surface area contributed by atoms with E-state index in [2.05, 4.69) is 0 Å². The van der Waals surface area contributed by atoms with Crippen LogP contribution in [0.25, 0.3) is 0 Å². The van der Waals surface area contributed by atoms with Gasteiger partial charge >= 0.3 is 5.97 Å². The third-order valence-corrected chi connectivity index (χ3v) is 3.05. The average Bonchev–Trinajstić information content (AvgIpc) is 2.21. The lowest BCUT2D eigenvalue weighted by Gasteiger charge is -2.29. The topological polar surface area (TPSA) is 57.6 Å². The Hall–Kier alpha value is -1.32. The number of carbonyl (C=O) groups is 2. The van der Waals surface area contributed by atoms with Crippen molar-refractivity contribution in [2.75, 3.05) is 13.6 Å². The summed E-state index contributed by atoms with van der Waals surface area (Å²) in [5, 5.41) is 8.70. The molecular formula is C13H23NO3. The molecule has 0 saturated carbocycles. The molecule has 0 aromatic carbocycles. The third kappa shape index (κ3) is 5.02. The molecule has 0 fully saturated rings. The van der Waals surface area contributed by atoms with Gasteiger partial charge in [-0.3, -0.25) is 4.79 Å². The Kier molecular flexibility index (Phi) is 5.39. The standard InChI is InChI=1S/C13H23NO3/c1-9(12(16)17)7-8-14(6)11(15)10(2)13(3,4)5/h7,10H,8H2,1-6H3,(H,16,17)/b9-7+/t10-/m1/s1. The third-order valence-electron chi connectivity index (χ3n) is 3.05. The maximum absolute atomic E-state index is 12.0. The molecule has 0 rings (SSSR count). The van der Waals surface area contributed by atoms with E-state index in [-0.39, 0.29) is 22.8 Å². The number of carbonyl (C=O) groups excluding carboxylic acids is 1. The first-order chi connectivity index (χ1) is 7.57. The largest absolute Gasteiger partial charge is 0.478 e. The second kappa shape index (κ2) is 5.84. The van der Waals surface area contributed by atoms with Crippen molar-refractivity contribution in [3.8, 4) is 0 Å². The van der Waals surface area contributed by atoms with Gasteiger partial charge < -0.3 is 10.0 Å². The molecule has 4 heteroatoms. The van der Waals surface area contributed by atoms with Gasteiger partial charge in [-0.1, -0.05) is 33.8 Å². The van der Waals surface area contributed by atoms with Crippen LogP contribution in [-0.4, -0.2) is 35.5 Å². The minimum atomic E-state index is -0.949. The number of nitrogens with zero attached hydrogens (tertiary/aromatic N) is 1. The molecule has 0 aliphatic carbocycles. The molecule has 0 spiro atoms. The highest BCUT2D eigenvalue weighted by molar-refractivity contribution is 5.86. The van der Waals surface area contributed by atoms with Gasteiger partial charge in [0.05, 0.1) is 0 Å². The Balaban J connectivity index is 4.54. The van der Waals surface area contributed by atoms with Gasteiger partial charge in [-0.2, -0.15) is 0 Å². The zero-order valence-electron chi connectivity index (χ0n) is 11.6. The van der Waals surface area contributed by atoms with E-state index in [1.165, 1.54) is 6.92 Å². The molecule has 0 heterocycles. The number of hydrogen-bond donors (Lipinski definition) is 1. The number of amides is 1. The molecule has 4 nitrogen and oxygen atoms in total. The molecule has 1 N–H and O–H groups in total. The molecule has 0 aliphatic heterocycles. The monoisotopic (exact) mass is 241 g/mol. The number of carboxylic acid groups (broad SMARTS) is 1. The van der Waals surface area contributed by atoms with Crippen LogP contribution in [0, 0.1) is 11.3 Å². The molecule has 0 saturated heterocycles. The summed E-state index contributed by atoms with van der Waals surface area (Å²) in [5.74, 6) is -1.01. The lowest BCUT2D eigenvalue weighted by atomic mass is 9.81. The van der Waals surface area contributed by atoms with Crippen molar-refractivity contribution < 1.29 is 14.7 Å². The summed E-state index contributed by atoms with van der Waals surface area (Å²) in [7, 11) is 1.69. The Morgan fingerprint density at radius 1 is 1.35 bits per heavy atom. The predicted molar refractivity (Wildman–Crippen MR) is 67.6 cm³/mol. The van der Waals surface area contributed by atoms with E-state index in [4.69, 9.17) is 5.11 Å². The molecular weight excluding hydrogens is 218 g/mol. The van der Waals surface area contributed by atoms with Crippen LogP contribution in [0.1, 0.15) is 34.6 Å². The Labute approximate surface area is 103 Å². The van der Waals surface area contributed by atoms with Gasteiger partial charge in [0.25, 0.3) is 0 Å². The average molecular weight is 241 g/mol. The Bertz CT molecular complexity index is 326. The fourth-order valence-electron chi connectivity index (χ4n) is 1.15. The quantitative estimate of drug-likeness (QED) is 0.767. The molecule has 98 valence electrons. The van der Waals surface area contributed by atoms with Crippen molar-refractivity contribution in [1.29, 1.82) is 0 Å². The summed E-state index contributed by atoms with van der Waals surface area (Å²) in [6.45, 7) is 9.79. The second-order valence-corrected chi connectivity index (χ2v) is 5.50. The normalized spacial score (nSPS) is 14.4. The molecule has 17 heavy (non-hydrogen) atoms. The van der Waals surface area contributed by atoms with E-state index >= 15 is 0 Å². The number of hydrogen-bond acceptors (Lipinski definition) is 2. The molecule has 0 radical (unpaired) electrons. The summed E-state index contributed by atoms with van der Waals surface area (Å²) in [6.07, 6.45) is 1.55. The first-order valence-corrected chi connectivity index (χ1v) is 5.72. The van der Waals surface area contributed by atoms with Crippen molar-refractivity contribution in [2.45, 2.75) is 34.6 Å². The van der Waals surface area contributed by atoms with Crippen LogP contribution in [0.2, 0.25) is 0 Å². The van der Waals surface area contributed by atoms with Crippen LogP contribution in [-0.2, 0) is 9.59 Å². The highest BCUT2D eigenvalue weighted by atomic mass is 16.4. The van der Waals surface area contributed by atoms with E-state index in [0.29, 0.717) is 6.54 Å². The van der Waals surface area contributed by atoms with Gasteiger partial charge in [-0.25, -0.2) is 4.79 Å². The van der Waals surface area contributed by atoms with Gasteiger partial charge in [0.15, 0.2) is 0 Å². The van der Waals surface area contributed by atoms with E-state index < -0.39 is 5.97 Å². The van der Waals surface area contributed by atoms with Crippen molar-refractivity contribution in [3.05, 3.63) is 11.6 Å². The zero-order valence-corrected chi connectivity index (χ0v) is 11.6. The Morgan fingerprint density at radius 3 is 2.18 bits per heavy atom. The highest BCUT2D eigenvalue weighted by Gasteiger charge is 2.28. The summed E-state index contributed by atoms with van der Waals surface area (Å²) >= 11 is 0. The summed E-state index contributed by atoms with van der Waals surface area (Å²) < 4.78 is 0. The van der Waals surface area contributed by atoms with Crippen LogP contribution in [0.5, 0.6) is 0 Å². The summed E-state index contributed by atoms with van der Waals surface area (Å²) in [6, 6.07) is 0. The van der Waals surface area contributed by atoms with E-state index in [9.17, 15) is 9.59 Å². The lowest BCUT2D eigenvalue weighted by Crippen LogP contribution is -2.37. The number of rotatable bonds is 4. The zero-order chi connectivity index (χ0) is 13.8. The van der Waals surface area contributed by atoms with Crippen molar-refractivity contribution in [3.63, 3.8) is 0 Å². The van der Waals surface area contributed by atoms with Crippen LogP contribution in [0.15, 0.2) is 11.6 Å². The number of likely N-dealkylation sites (N-methyl/N-ethyl adjacent to an activating group) is 1. The van der Waals surface area contributed by atoms with Gasteiger partial charge in [0.1, 0.15) is 0 Å². The maximum atomic E-state index is 12.0. The van der Waals surface area contributed by atoms with Gasteiger partial charge in [-0.15, -0.1) is 0 Å². The van der Waals surface area contributed by atoms with E-state index in [1.807, 2.05) is 27.7 Å². The molecule has 1 atom stereocenters. The predicted octanol–water partition coefficient (Wildman–Crippen LogP) is 2.16. The summed E-state index contributed by atoms with van der Waals surface area (Å²) in [5.41, 5.74) is 0.171. The fraction of sp³-hybridized carbons (Fsp3) is 0.692. The minimum absolute atomic E-state index is 0.0342. The van der Waals surface area contributed by atoms with Crippen molar-refractivity contribution in [1.82, 2.24) is 4.90 Å². The smallest absolute Gasteiger partial charge is 0.331 e. The fourth-order valence-corrected chi connectivity index (χ4v) is 1.15. The first kappa shape index (κ1) is 15.7. The lowest BCUT2D eigenvalue weighted by molar-refractivity contribution is -0.136. The molecule has 0 aromatic rings. The number of aliphatic carboxylic acids is 1. The van der Waals surface area contributed by atoms with Crippen LogP contribution in [0.3, 0.4) is 0 Å². The molecule has 1 amide bonds. The first-order valence-electron chi connectivity index (χ1n) is 5.72. The SMILES string of the molecule is C/C(=C\CN(C)C(=O)[C@@H](C)C(C)(C)C)C(=O)O. The van der Waals surface area contributed by atoms with Gasteiger partial charge in [0, 0.05) is 25.1 Å². The van der Waals surface area contributed by atoms with Gasteiger partial charge in [-0.05, 0) is 12.3 Å². The van der Waals surface area contributed by atoms with Gasteiger partial charge in [0.2, 0.25) is 5.91 Å². The van der Waals surface area contributed by atoms with Crippen molar-refractivity contribution >= 4 is 11.9 Å². The molecule has 0 aliphatic rings. The van der Waals surface area contributed by atoms with Crippen LogP contribution < -0.4 is 0 Å². The van der Waals surface area contributed by atoms with E-state index in [1.54, 1.807) is 18.0 Å².